The Morgan fingerprint density at radius 3 is 2.76 bits per heavy atom. The quantitative estimate of drug-likeness (QED) is 0.831. The van der Waals surface area contributed by atoms with Crippen molar-refractivity contribution in [3.8, 4) is 5.75 Å². The predicted octanol–water partition coefficient (Wildman–Crippen LogP) is 1.55. The molecule has 114 valence electrons. The third kappa shape index (κ3) is 4.22. The normalized spacial score (nSPS) is 14.3. The second-order valence-corrected chi connectivity index (χ2v) is 5.26. The minimum absolute atomic E-state index is 0.0251. The molecule has 0 aromatic heterocycles. The van der Waals surface area contributed by atoms with Crippen molar-refractivity contribution in [1.82, 2.24) is 15.8 Å². The molecule has 2 rings (SSSR count). The summed E-state index contributed by atoms with van der Waals surface area (Å²) in [5, 5.41) is -0.0251. The minimum atomic E-state index is -0.630. The van der Waals surface area contributed by atoms with Gasteiger partial charge in [-0.25, -0.2) is 14.6 Å². The number of rotatable bonds is 3. The van der Waals surface area contributed by atoms with Crippen LogP contribution in [0, 0.1) is 11.7 Å². The number of nitrogens with zero attached hydrogens (tertiary/aromatic N) is 1. The monoisotopic (exact) mass is 315 g/mol. The maximum absolute atomic E-state index is 13.1. The van der Waals surface area contributed by atoms with Gasteiger partial charge in [0.1, 0.15) is 11.6 Å². The van der Waals surface area contributed by atoms with E-state index in [0.29, 0.717) is 19.0 Å². The standard InChI is InChI=1S/C13H15ClFN3O3/c1-8-5-18(6-8)13(20)17-16-12(19)7-21-9-2-3-10(14)11(15)4-9/h2-4,8H,5-7H2,1H3,(H,16,19)(H,17,20). The van der Waals surface area contributed by atoms with E-state index in [9.17, 15) is 14.0 Å². The van der Waals surface area contributed by atoms with Gasteiger partial charge in [0.25, 0.3) is 5.91 Å². The highest BCUT2D eigenvalue weighted by molar-refractivity contribution is 6.30. The van der Waals surface area contributed by atoms with E-state index >= 15 is 0 Å². The number of benzene rings is 1. The van der Waals surface area contributed by atoms with E-state index in [2.05, 4.69) is 10.9 Å². The summed E-state index contributed by atoms with van der Waals surface area (Å²) in [5.74, 6) is -0.522. The lowest BCUT2D eigenvalue weighted by atomic mass is 10.0. The fraction of sp³-hybridized carbons (Fsp3) is 0.385. The molecule has 0 aliphatic carbocycles. The molecule has 1 saturated heterocycles. The average molecular weight is 316 g/mol. The van der Waals surface area contributed by atoms with Gasteiger partial charge in [0.15, 0.2) is 6.61 Å². The zero-order valence-electron chi connectivity index (χ0n) is 11.4. The van der Waals surface area contributed by atoms with Crippen molar-refractivity contribution in [1.29, 1.82) is 0 Å². The van der Waals surface area contributed by atoms with E-state index in [-0.39, 0.29) is 23.4 Å². The van der Waals surface area contributed by atoms with Gasteiger partial charge in [-0.3, -0.25) is 10.2 Å². The van der Waals surface area contributed by atoms with E-state index in [4.69, 9.17) is 16.3 Å². The Hall–Kier alpha value is -2.02. The lowest BCUT2D eigenvalue weighted by Crippen LogP contribution is -2.57. The summed E-state index contributed by atoms with van der Waals surface area (Å²) < 4.78 is 18.2. The van der Waals surface area contributed by atoms with Gasteiger partial charge < -0.3 is 9.64 Å². The number of hydrogen-bond donors (Lipinski definition) is 2. The van der Waals surface area contributed by atoms with Gasteiger partial charge >= 0.3 is 6.03 Å². The van der Waals surface area contributed by atoms with E-state index in [0.717, 1.165) is 6.07 Å². The fourth-order valence-corrected chi connectivity index (χ4v) is 1.94. The van der Waals surface area contributed by atoms with Gasteiger partial charge in [-0.05, 0) is 18.1 Å². The molecule has 1 aromatic carbocycles. The number of nitrogens with one attached hydrogen (secondary N) is 2. The lowest BCUT2D eigenvalue weighted by Gasteiger charge is -2.36. The molecule has 1 aromatic rings. The summed E-state index contributed by atoms with van der Waals surface area (Å²) in [7, 11) is 0. The van der Waals surface area contributed by atoms with Crippen LogP contribution < -0.4 is 15.6 Å². The van der Waals surface area contributed by atoms with Crippen molar-refractivity contribution < 1.29 is 18.7 Å². The van der Waals surface area contributed by atoms with Crippen LogP contribution >= 0.6 is 11.6 Å². The first-order chi connectivity index (χ1) is 9.95. The Balaban J connectivity index is 1.69. The molecule has 0 bridgehead atoms. The van der Waals surface area contributed by atoms with E-state index in [1.807, 2.05) is 6.92 Å². The molecule has 1 heterocycles. The van der Waals surface area contributed by atoms with Gasteiger partial charge in [-0.15, -0.1) is 0 Å². The summed E-state index contributed by atoms with van der Waals surface area (Å²) in [6.45, 7) is 3.02. The minimum Gasteiger partial charge on any atom is -0.484 e. The first kappa shape index (κ1) is 15.4. The van der Waals surface area contributed by atoms with Crippen molar-refractivity contribution in [2.24, 2.45) is 5.92 Å². The zero-order valence-corrected chi connectivity index (χ0v) is 12.1. The number of amides is 3. The van der Waals surface area contributed by atoms with Crippen LogP contribution in [0.25, 0.3) is 0 Å². The summed E-state index contributed by atoms with van der Waals surface area (Å²) in [5.41, 5.74) is 4.49. The molecule has 8 heteroatoms. The Bertz CT molecular complexity index is 549. The molecule has 21 heavy (non-hydrogen) atoms. The van der Waals surface area contributed by atoms with Crippen molar-refractivity contribution >= 4 is 23.5 Å². The van der Waals surface area contributed by atoms with Crippen LogP contribution in [0.15, 0.2) is 18.2 Å². The Morgan fingerprint density at radius 2 is 2.14 bits per heavy atom. The third-order valence-electron chi connectivity index (χ3n) is 2.92. The first-order valence-corrected chi connectivity index (χ1v) is 6.75. The fourth-order valence-electron chi connectivity index (χ4n) is 1.82. The highest BCUT2D eigenvalue weighted by Gasteiger charge is 2.27. The number of ether oxygens (including phenoxy) is 1. The second-order valence-electron chi connectivity index (χ2n) is 4.85. The van der Waals surface area contributed by atoms with Gasteiger partial charge in [0.2, 0.25) is 0 Å². The number of likely N-dealkylation sites (tertiary alicyclic amines) is 1. The largest absolute Gasteiger partial charge is 0.484 e. The van der Waals surface area contributed by atoms with Crippen molar-refractivity contribution in [3.63, 3.8) is 0 Å². The third-order valence-corrected chi connectivity index (χ3v) is 3.23. The number of hydrogen-bond acceptors (Lipinski definition) is 3. The molecule has 1 aliphatic heterocycles. The molecule has 0 atom stereocenters. The second kappa shape index (κ2) is 6.62. The molecule has 0 unspecified atom stereocenters. The van der Waals surface area contributed by atoms with Crippen LogP contribution in [-0.2, 0) is 4.79 Å². The van der Waals surface area contributed by atoms with Crippen LogP contribution in [0.3, 0.4) is 0 Å². The molecular weight excluding hydrogens is 301 g/mol. The highest BCUT2D eigenvalue weighted by atomic mass is 35.5. The average Bonchev–Trinajstić information content (AvgIpc) is 2.42. The van der Waals surface area contributed by atoms with Crippen LogP contribution in [0.2, 0.25) is 5.02 Å². The van der Waals surface area contributed by atoms with Crippen LogP contribution in [0.4, 0.5) is 9.18 Å². The van der Waals surface area contributed by atoms with E-state index in [1.54, 1.807) is 4.90 Å². The number of hydrazine groups is 1. The topological polar surface area (TPSA) is 70.7 Å². The summed E-state index contributed by atoms with van der Waals surface area (Å²) in [6, 6.07) is 3.49. The number of halogens is 2. The summed E-state index contributed by atoms with van der Waals surface area (Å²) in [4.78, 5) is 24.6. The molecule has 0 radical (unpaired) electrons. The van der Waals surface area contributed by atoms with Crippen molar-refractivity contribution in [2.45, 2.75) is 6.92 Å². The molecule has 0 spiro atoms. The van der Waals surface area contributed by atoms with E-state index < -0.39 is 11.7 Å². The Kier molecular flexibility index (Phi) is 4.85. The first-order valence-electron chi connectivity index (χ1n) is 6.37. The summed E-state index contributed by atoms with van der Waals surface area (Å²) >= 11 is 5.53. The van der Waals surface area contributed by atoms with Crippen molar-refractivity contribution in [3.05, 3.63) is 29.0 Å². The Labute approximate surface area is 126 Å². The predicted molar refractivity (Wildman–Crippen MR) is 74.3 cm³/mol. The lowest BCUT2D eigenvalue weighted by molar-refractivity contribution is -0.123. The molecule has 0 saturated carbocycles. The van der Waals surface area contributed by atoms with Crippen LogP contribution in [-0.4, -0.2) is 36.5 Å². The molecule has 2 N–H and O–H groups in total. The SMILES string of the molecule is CC1CN(C(=O)NNC(=O)COc2ccc(Cl)c(F)c2)C1. The van der Waals surface area contributed by atoms with E-state index in [1.165, 1.54) is 12.1 Å². The molecular formula is C13H15ClFN3O3. The van der Waals surface area contributed by atoms with Crippen LogP contribution in [0.1, 0.15) is 6.92 Å². The molecule has 3 amide bonds. The zero-order chi connectivity index (χ0) is 15.4. The Morgan fingerprint density at radius 1 is 1.43 bits per heavy atom. The highest BCUT2D eigenvalue weighted by Crippen LogP contribution is 2.20. The number of urea groups is 1. The van der Waals surface area contributed by atoms with Gasteiger partial charge in [-0.1, -0.05) is 18.5 Å². The number of carbonyl (C=O) groups is 2. The summed E-state index contributed by atoms with van der Waals surface area (Å²) in [6.07, 6.45) is 0. The molecule has 1 fully saturated rings. The van der Waals surface area contributed by atoms with Crippen LogP contribution in [0.5, 0.6) is 5.75 Å². The van der Waals surface area contributed by atoms with Gasteiger partial charge in [0.05, 0.1) is 5.02 Å². The smallest absolute Gasteiger partial charge is 0.336 e. The maximum Gasteiger partial charge on any atom is 0.336 e. The molecule has 6 nitrogen and oxygen atoms in total. The number of carbonyl (C=O) groups excluding carboxylic acids is 2. The van der Waals surface area contributed by atoms with Gasteiger partial charge in [0, 0.05) is 19.2 Å². The maximum atomic E-state index is 13.1. The molecule has 1 aliphatic rings. The van der Waals surface area contributed by atoms with Crippen molar-refractivity contribution in [2.75, 3.05) is 19.7 Å². The van der Waals surface area contributed by atoms with Gasteiger partial charge in [-0.2, -0.15) is 0 Å².